The predicted octanol–water partition coefficient (Wildman–Crippen LogP) is 4.39. The molecule has 154 valence electrons. The summed E-state index contributed by atoms with van der Waals surface area (Å²) in [6.07, 6.45) is 9.38. The highest BCUT2D eigenvalue weighted by atomic mass is 15.2. The summed E-state index contributed by atoms with van der Waals surface area (Å²) in [4.78, 5) is 19.0. The van der Waals surface area contributed by atoms with E-state index in [1.807, 2.05) is 30.6 Å². The fourth-order valence-electron chi connectivity index (χ4n) is 4.83. The standard InChI is InChI=1S/C24H28N6/c1-16(19-14-26-13-18(19)12-25)30(15-23-28-20-8-2-3-9-21(20)29-23)22-10-4-6-17-7-5-11-27-24(17)22/h2-3,5,7-9,11,13-14,16,22,26H,4,6,10,12,15,25H2,1H3,(H,28,29). The molecule has 0 radical (unpaired) electrons. The van der Waals surface area contributed by atoms with Gasteiger partial charge in [0.15, 0.2) is 0 Å². The molecule has 3 aromatic heterocycles. The maximum Gasteiger partial charge on any atom is 0.121 e. The van der Waals surface area contributed by atoms with Gasteiger partial charge in [0.25, 0.3) is 0 Å². The number of imidazole rings is 1. The molecule has 5 rings (SSSR count). The Morgan fingerprint density at radius 2 is 2.10 bits per heavy atom. The number of para-hydroxylation sites is 2. The van der Waals surface area contributed by atoms with Crippen LogP contribution >= 0.6 is 0 Å². The molecule has 0 spiro atoms. The predicted molar refractivity (Wildman–Crippen MR) is 119 cm³/mol. The fourth-order valence-corrected chi connectivity index (χ4v) is 4.83. The molecule has 2 unspecified atom stereocenters. The monoisotopic (exact) mass is 400 g/mol. The van der Waals surface area contributed by atoms with Crippen LogP contribution in [0.25, 0.3) is 11.0 Å². The number of hydrogen-bond donors (Lipinski definition) is 3. The first-order valence-electron chi connectivity index (χ1n) is 10.7. The van der Waals surface area contributed by atoms with E-state index >= 15 is 0 Å². The van der Waals surface area contributed by atoms with E-state index in [1.54, 1.807) is 0 Å². The Bertz CT molecular complexity index is 1110. The van der Waals surface area contributed by atoms with Gasteiger partial charge in [-0.1, -0.05) is 18.2 Å². The third kappa shape index (κ3) is 3.42. The second-order valence-electron chi connectivity index (χ2n) is 8.14. The molecule has 1 aliphatic rings. The number of benzene rings is 1. The van der Waals surface area contributed by atoms with E-state index in [2.05, 4.69) is 46.2 Å². The van der Waals surface area contributed by atoms with Crippen molar-refractivity contribution in [3.63, 3.8) is 0 Å². The van der Waals surface area contributed by atoms with Crippen LogP contribution in [0.1, 0.15) is 60.1 Å². The number of pyridine rings is 1. The zero-order valence-electron chi connectivity index (χ0n) is 17.3. The lowest BCUT2D eigenvalue weighted by Crippen LogP contribution is -2.34. The van der Waals surface area contributed by atoms with Crippen molar-refractivity contribution >= 4 is 11.0 Å². The molecule has 6 heteroatoms. The van der Waals surface area contributed by atoms with Gasteiger partial charge in [0.1, 0.15) is 5.82 Å². The number of H-pyrrole nitrogens is 2. The van der Waals surface area contributed by atoms with Crippen LogP contribution in [0.3, 0.4) is 0 Å². The molecule has 30 heavy (non-hydrogen) atoms. The summed E-state index contributed by atoms with van der Waals surface area (Å²) in [7, 11) is 0. The van der Waals surface area contributed by atoms with Gasteiger partial charge >= 0.3 is 0 Å². The molecule has 2 atom stereocenters. The van der Waals surface area contributed by atoms with Gasteiger partial charge in [0.05, 0.1) is 29.3 Å². The van der Waals surface area contributed by atoms with Gasteiger partial charge in [-0.05, 0) is 61.1 Å². The summed E-state index contributed by atoms with van der Waals surface area (Å²) in [6, 6.07) is 12.9. The van der Waals surface area contributed by atoms with Gasteiger partial charge in [-0.15, -0.1) is 0 Å². The van der Waals surface area contributed by atoms with Crippen LogP contribution in [0.4, 0.5) is 0 Å². The zero-order chi connectivity index (χ0) is 20.5. The maximum absolute atomic E-state index is 6.02. The molecular formula is C24H28N6. The molecule has 0 saturated carbocycles. The van der Waals surface area contributed by atoms with E-state index < -0.39 is 0 Å². The minimum absolute atomic E-state index is 0.181. The third-order valence-corrected chi connectivity index (χ3v) is 6.37. The van der Waals surface area contributed by atoms with Gasteiger partial charge in [0, 0.05) is 31.2 Å². The highest BCUT2D eigenvalue weighted by Crippen LogP contribution is 2.39. The number of aryl methyl sites for hydroxylation is 1. The van der Waals surface area contributed by atoms with E-state index in [4.69, 9.17) is 15.7 Å². The zero-order valence-corrected chi connectivity index (χ0v) is 17.3. The van der Waals surface area contributed by atoms with Crippen LogP contribution in [0.15, 0.2) is 55.0 Å². The molecule has 0 saturated heterocycles. The van der Waals surface area contributed by atoms with Crippen molar-refractivity contribution in [3.05, 3.63) is 83.2 Å². The van der Waals surface area contributed by atoms with Crippen LogP contribution in [0.2, 0.25) is 0 Å². The van der Waals surface area contributed by atoms with Crippen molar-refractivity contribution in [2.75, 3.05) is 0 Å². The summed E-state index contributed by atoms with van der Waals surface area (Å²) in [6.45, 7) is 3.52. The second-order valence-corrected chi connectivity index (χ2v) is 8.14. The number of rotatable bonds is 6. The summed E-state index contributed by atoms with van der Waals surface area (Å²) in [5, 5.41) is 0. The maximum atomic E-state index is 6.02. The third-order valence-electron chi connectivity index (χ3n) is 6.37. The van der Waals surface area contributed by atoms with E-state index in [0.717, 1.165) is 41.8 Å². The van der Waals surface area contributed by atoms with Gasteiger partial charge in [-0.2, -0.15) is 0 Å². The first kappa shape index (κ1) is 19.0. The number of nitrogens with one attached hydrogen (secondary N) is 2. The number of nitrogens with two attached hydrogens (primary N) is 1. The van der Waals surface area contributed by atoms with Crippen molar-refractivity contribution < 1.29 is 0 Å². The average Bonchev–Trinajstić information content (AvgIpc) is 3.43. The minimum atomic E-state index is 0.181. The number of fused-ring (bicyclic) bond motifs is 2. The smallest absolute Gasteiger partial charge is 0.121 e. The molecule has 0 bridgehead atoms. The molecule has 0 aliphatic heterocycles. The number of hydrogen-bond acceptors (Lipinski definition) is 4. The van der Waals surface area contributed by atoms with Crippen molar-refractivity contribution in [2.24, 2.45) is 5.73 Å². The van der Waals surface area contributed by atoms with E-state index in [1.165, 1.54) is 23.2 Å². The highest BCUT2D eigenvalue weighted by Gasteiger charge is 2.32. The van der Waals surface area contributed by atoms with Crippen molar-refractivity contribution in [1.82, 2.24) is 24.8 Å². The minimum Gasteiger partial charge on any atom is -0.367 e. The summed E-state index contributed by atoms with van der Waals surface area (Å²) < 4.78 is 0. The molecule has 4 N–H and O–H groups in total. The lowest BCUT2D eigenvalue weighted by atomic mass is 9.89. The molecule has 1 aromatic carbocycles. The van der Waals surface area contributed by atoms with Crippen LogP contribution in [0.5, 0.6) is 0 Å². The normalized spacial score (nSPS) is 17.4. The molecule has 0 fully saturated rings. The average molecular weight is 401 g/mol. The van der Waals surface area contributed by atoms with Gasteiger partial charge in [-0.25, -0.2) is 4.98 Å². The summed E-state index contributed by atoms with van der Waals surface area (Å²) >= 11 is 0. The van der Waals surface area contributed by atoms with E-state index in [9.17, 15) is 0 Å². The van der Waals surface area contributed by atoms with Crippen LogP contribution in [-0.2, 0) is 19.5 Å². The van der Waals surface area contributed by atoms with Crippen LogP contribution in [-0.4, -0.2) is 24.8 Å². The Hall–Kier alpha value is -2.96. The van der Waals surface area contributed by atoms with Crippen molar-refractivity contribution in [3.8, 4) is 0 Å². The van der Waals surface area contributed by atoms with Gasteiger partial charge in [-0.3, -0.25) is 9.88 Å². The fraction of sp³-hybridized carbons (Fsp3) is 0.333. The quantitative estimate of drug-likeness (QED) is 0.448. The molecule has 0 amide bonds. The van der Waals surface area contributed by atoms with Crippen molar-refractivity contribution in [1.29, 1.82) is 0 Å². The van der Waals surface area contributed by atoms with E-state index in [0.29, 0.717) is 6.54 Å². The SMILES string of the molecule is CC(c1c[nH]cc1CN)N(Cc1nc2ccccc2[nH]1)C1CCCc2cccnc21. The number of nitrogens with zero attached hydrogens (tertiary/aromatic N) is 3. The highest BCUT2D eigenvalue weighted by molar-refractivity contribution is 5.74. The van der Waals surface area contributed by atoms with Gasteiger partial charge in [0.2, 0.25) is 0 Å². The molecule has 4 aromatic rings. The number of aromatic nitrogens is 4. The number of aromatic amines is 2. The Labute approximate surface area is 176 Å². The molecular weight excluding hydrogens is 372 g/mol. The molecule has 1 aliphatic carbocycles. The summed E-state index contributed by atoms with van der Waals surface area (Å²) in [5.41, 5.74) is 13.1. The second kappa shape index (κ2) is 8.05. The first-order chi connectivity index (χ1) is 14.7. The van der Waals surface area contributed by atoms with Gasteiger partial charge < -0.3 is 15.7 Å². The van der Waals surface area contributed by atoms with Crippen LogP contribution < -0.4 is 5.73 Å². The first-order valence-corrected chi connectivity index (χ1v) is 10.7. The van der Waals surface area contributed by atoms with Crippen molar-refractivity contribution in [2.45, 2.75) is 51.4 Å². The lowest BCUT2D eigenvalue weighted by Gasteiger charge is -2.38. The topological polar surface area (TPSA) is 86.6 Å². The Kier molecular flexibility index (Phi) is 5.11. The summed E-state index contributed by atoms with van der Waals surface area (Å²) in [5.74, 6) is 0.982. The lowest BCUT2D eigenvalue weighted by molar-refractivity contribution is 0.113. The Balaban J connectivity index is 1.55. The largest absolute Gasteiger partial charge is 0.367 e. The molecule has 3 heterocycles. The van der Waals surface area contributed by atoms with E-state index in [-0.39, 0.29) is 12.1 Å². The van der Waals surface area contributed by atoms with Crippen LogP contribution in [0, 0.1) is 0 Å². The molecule has 6 nitrogen and oxygen atoms in total. The Morgan fingerprint density at radius 1 is 1.20 bits per heavy atom. The Morgan fingerprint density at radius 3 is 2.97 bits per heavy atom.